The molecule has 0 radical (unpaired) electrons. The van der Waals surface area contributed by atoms with E-state index in [9.17, 15) is 4.79 Å². The number of nitrogens with zero attached hydrogens (tertiary/aromatic N) is 2. The summed E-state index contributed by atoms with van der Waals surface area (Å²) in [6.07, 6.45) is 7.70. The lowest BCUT2D eigenvalue weighted by molar-refractivity contribution is -0.117. The predicted molar refractivity (Wildman–Crippen MR) is 66.5 cm³/mol. The third-order valence-electron chi connectivity index (χ3n) is 3.52. The van der Waals surface area contributed by atoms with Crippen LogP contribution in [0.25, 0.3) is 0 Å². The summed E-state index contributed by atoms with van der Waals surface area (Å²) in [4.78, 5) is 11.4. The van der Waals surface area contributed by atoms with Gasteiger partial charge in [-0.2, -0.15) is 5.10 Å². The van der Waals surface area contributed by atoms with Crippen LogP contribution in [0.15, 0.2) is 24.9 Å². The molecular formula is C13H19N3O. The Labute approximate surface area is 102 Å². The van der Waals surface area contributed by atoms with Crippen molar-refractivity contribution in [2.45, 2.75) is 37.6 Å². The van der Waals surface area contributed by atoms with Crippen LogP contribution in [0.5, 0.6) is 0 Å². The Morgan fingerprint density at radius 1 is 1.59 bits per heavy atom. The molecule has 0 unspecified atom stereocenters. The van der Waals surface area contributed by atoms with Crippen molar-refractivity contribution in [2.75, 3.05) is 0 Å². The highest BCUT2D eigenvalue weighted by atomic mass is 16.1. The summed E-state index contributed by atoms with van der Waals surface area (Å²) in [6, 6.07) is 2.26. The molecule has 1 N–H and O–H groups in total. The van der Waals surface area contributed by atoms with Gasteiger partial charge < -0.3 is 5.32 Å². The predicted octanol–water partition coefficient (Wildman–Crippen LogP) is 1.75. The summed E-state index contributed by atoms with van der Waals surface area (Å²) in [5, 5.41) is 7.25. The van der Waals surface area contributed by atoms with Crippen molar-refractivity contribution >= 4 is 5.91 Å². The van der Waals surface area contributed by atoms with E-state index >= 15 is 0 Å². The van der Waals surface area contributed by atoms with E-state index in [0.29, 0.717) is 5.92 Å². The molecule has 1 amide bonds. The van der Waals surface area contributed by atoms with Crippen LogP contribution in [0.3, 0.4) is 0 Å². The third-order valence-corrected chi connectivity index (χ3v) is 3.52. The maximum absolute atomic E-state index is 11.4. The molecule has 1 aromatic rings. The van der Waals surface area contributed by atoms with E-state index in [1.165, 1.54) is 24.6 Å². The minimum atomic E-state index is -0.0796. The molecule has 0 aliphatic heterocycles. The highest BCUT2D eigenvalue weighted by Gasteiger charge is 2.28. The number of hydrogen-bond acceptors (Lipinski definition) is 2. The SMILES string of the molecule is C=CC(=O)N[C@H]1CCCC[C@H]1c1ccnn1C. The fraction of sp³-hybridized carbons (Fsp3) is 0.538. The highest BCUT2D eigenvalue weighted by Crippen LogP contribution is 2.32. The first-order valence-electron chi connectivity index (χ1n) is 6.13. The van der Waals surface area contributed by atoms with E-state index in [-0.39, 0.29) is 11.9 Å². The molecule has 1 fully saturated rings. The summed E-state index contributed by atoms with van der Waals surface area (Å²) in [6.45, 7) is 3.50. The highest BCUT2D eigenvalue weighted by molar-refractivity contribution is 5.87. The van der Waals surface area contributed by atoms with Gasteiger partial charge in [0.15, 0.2) is 0 Å². The quantitative estimate of drug-likeness (QED) is 0.808. The number of hydrogen-bond donors (Lipinski definition) is 1. The van der Waals surface area contributed by atoms with Gasteiger partial charge in [0.2, 0.25) is 5.91 Å². The lowest BCUT2D eigenvalue weighted by Crippen LogP contribution is -2.40. The fourth-order valence-corrected chi connectivity index (χ4v) is 2.65. The molecule has 0 aromatic carbocycles. The Bertz CT molecular complexity index is 411. The van der Waals surface area contributed by atoms with Gasteiger partial charge in [-0.25, -0.2) is 0 Å². The van der Waals surface area contributed by atoms with Gasteiger partial charge in [0.05, 0.1) is 0 Å². The molecule has 0 bridgehead atoms. The molecule has 2 rings (SSSR count). The molecule has 1 aliphatic rings. The molecule has 92 valence electrons. The van der Waals surface area contributed by atoms with Crippen molar-refractivity contribution in [3.63, 3.8) is 0 Å². The first-order valence-corrected chi connectivity index (χ1v) is 6.13. The Kier molecular flexibility index (Phi) is 3.61. The van der Waals surface area contributed by atoms with Crippen molar-refractivity contribution < 1.29 is 4.79 Å². The van der Waals surface area contributed by atoms with Crippen molar-refractivity contribution in [1.82, 2.24) is 15.1 Å². The van der Waals surface area contributed by atoms with Gasteiger partial charge in [0.25, 0.3) is 0 Å². The maximum Gasteiger partial charge on any atom is 0.243 e. The standard InChI is InChI=1S/C13H19N3O/c1-3-13(17)15-11-7-5-4-6-10(11)12-8-9-14-16(12)2/h3,8-11H,1,4-7H2,2H3,(H,15,17)/t10-,11+/m1/s1. The van der Waals surface area contributed by atoms with Gasteiger partial charge in [-0.3, -0.25) is 9.48 Å². The normalized spacial score (nSPS) is 24.3. The van der Waals surface area contributed by atoms with E-state index in [4.69, 9.17) is 0 Å². The van der Waals surface area contributed by atoms with Crippen molar-refractivity contribution in [1.29, 1.82) is 0 Å². The van der Waals surface area contributed by atoms with Crippen LogP contribution in [0.2, 0.25) is 0 Å². The molecule has 17 heavy (non-hydrogen) atoms. The Hall–Kier alpha value is -1.58. The smallest absolute Gasteiger partial charge is 0.243 e. The monoisotopic (exact) mass is 233 g/mol. The lowest BCUT2D eigenvalue weighted by atomic mass is 9.82. The minimum absolute atomic E-state index is 0.0796. The zero-order valence-corrected chi connectivity index (χ0v) is 10.2. The van der Waals surface area contributed by atoms with Crippen molar-refractivity contribution in [3.05, 3.63) is 30.6 Å². The largest absolute Gasteiger partial charge is 0.349 e. The van der Waals surface area contributed by atoms with E-state index in [1.54, 1.807) is 0 Å². The zero-order valence-electron chi connectivity index (χ0n) is 10.2. The van der Waals surface area contributed by atoms with Crippen LogP contribution >= 0.6 is 0 Å². The zero-order chi connectivity index (χ0) is 12.3. The number of nitrogens with one attached hydrogen (secondary N) is 1. The molecule has 2 atom stereocenters. The second-order valence-electron chi connectivity index (χ2n) is 4.59. The summed E-state index contributed by atoms with van der Waals surface area (Å²) in [5.41, 5.74) is 1.21. The average molecular weight is 233 g/mol. The topological polar surface area (TPSA) is 46.9 Å². The number of amides is 1. The molecule has 4 heteroatoms. The number of aromatic nitrogens is 2. The summed E-state index contributed by atoms with van der Waals surface area (Å²) < 4.78 is 1.91. The van der Waals surface area contributed by atoms with Gasteiger partial charge in [-0.05, 0) is 25.0 Å². The molecule has 1 heterocycles. The van der Waals surface area contributed by atoms with Gasteiger partial charge in [0.1, 0.15) is 0 Å². The van der Waals surface area contributed by atoms with Gasteiger partial charge in [-0.15, -0.1) is 0 Å². The molecule has 4 nitrogen and oxygen atoms in total. The summed E-state index contributed by atoms with van der Waals surface area (Å²) >= 11 is 0. The Morgan fingerprint density at radius 2 is 2.35 bits per heavy atom. The third kappa shape index (κ3) is 2.57. The Balaban J connectivity index is 2.15. The number of carbonyl (C=O) groups is 1. The number of carbonyl (C=O) groups excluding carboxylic acids is 1. The maximum atomic E-state index is 11.4. The van der Waals surface area contributed by atoms with E-state index in [1.807, 2.05) is 24.0 Å². The lowest BCUT2D eigenvalue weighted by Gasteiger charge is -2.32. The van der Waals surface area contributed by atoms with Gasteiger partial charge in [0, 0.05) is 30.9 Å². The van der Waals surface area contributed by atoms with Crippen molar-refractivity contribution in [3.8, 4) is 0 Å². The van der Waals surface area contributed by atoms with Gasteiger partial charge >= 0.3 is 0 Å². The van der Waals surface area contributed by atoms with Crippen molar-refractivity contribution in [2.24, 2.45) is 7.05 Å². The van der Waals surface area contributed by atoms with Gasteiger partial charge in [-0.1, -0.05) is 19.4 Å². The first kappa shape index (κ1) is 11.9. The van der Waals surface area contributed by atoms with E-state index in [2.05, 4.69) is 17.0 Å². The van der Waals surface area contributed by atoms with Crippen LogP contribution in [-0.4, -0.2) is 21.7 Å². The minimum Gasteiger partial charge on any atom is -0.349 e. The van der Waals surface area contributed by atoms with E-state index in [0.717, 1.165) is 12.8 Å². The summed E-state index contributed by atoms with van der Waals surface area (Å²) in [7, 11) is 1.95. The molecular weight excluding hydrogens is 214 g/mol. The summed E-state index contributed by atoms with van der Waals surface area (Å²) in [5.74, 6) is 0.296. The molecule has 0 saturated heterocycles. The average Bonchev–Trinajstić information content (AvgIpc) is 2.76. The van der Waals surface area contributed by atoms with Crippen LogP contribution in [0.1, 0.15) is 37.3 Å². The first-order chi connectivity index (χ1) is 8.22. The number of rotatable bonds is 3. The second kappa shape index (κ2) is 5.17. The molecule has 0 spiro atoms. The van der Waals surface area contributed by atoms with Crippen LogP contribution in [0.4, 0.5) is 0 Å². The molecule has 1 saturated carbocycles. The van der Waals surface area contributed by atoms with Crippen LogP contribution in [0, 0.1) is 0 Å². The Morgan fingerprint density at radius 3 is 3.00 bits per heavy atom. The number of aryl methyl sites for hydroxylation is 1. The second-order valence-corrected chi connectivity index (χ2v) is 4.59. The van der Waals surface area contributed by atoms with Crippen LogP contribution in [-0.2, 0) is 11.8 Å². The van der Waals surface area contributed by atoms with E-state index < -0.39 is 0 Å². The molecule has 1 aliphatic carbocycles. The molecule has 1 aromatic heterocycles. The fourth-order valence-electron chi connectivity index (χ4n) is 2.65. The van der Waals surface area contributed by atoms with Crippen LogP contribution < -0.4 is 5.32 Å².